The average molecular weight is 243 g/mol. The van der Waals surface area contributed by atoms with Crippen molar-refractivity contribution in [3.63, 3.8) is 0 Å². The van der Waals surface area contributed by atoms with Crippen LogP contribution in [0.15, 0.2) is 0 Å². The van der Waals surface area contributed by atoms with Gasteiger partial charge in [0.2, 0.25) is 0 Å². The molecule has 0 aliphatic heterocycles. The molecule has 0 aromatic heterocycles. The Morgan fingerprint density at radius 1 is 0.875 bits per heavy atom. The van der Waals surface area contributed by atoms with E-state index >= 15 is 0 Å². The van der Waals surface area contributed by atoms with Gasteiger partial charge in [0.15, 0.2) is 0 Å². The van der Waals surface area contributed by atoms with Gasteiger partial charge >= 0.3 is 6.75 Å². The largest absolute Gasteiger partial charge is 0.536 e. The van der Waals surface area contributed by atoms with E-state index in [0.717, 1.165) is 18.1 Å². The maximum Gasteiger partial charge on any atom is 0.455 e. The zero-order valence-electron chi connectivity index (χ0n) is 11.4. The van der Waals surface area contributed by atoms with Gasteiger partial charge in [0.1, 0.15) is 8.07 Å². The van der Waals surface area contributed by atoms with E-state index in [4.69, 9.17) is 14.0 Å². The van der Waals surface area contributed by atoms with Crippen LogP contribution in [-0.2, 0) is 14.0 Å². The lowest BCUT2D eigenvalue weighted by Crippen LogP contribution is -2.43. The molecule has 0 fully saturated rings. The molecular weight excluding hydrogens is 219 g/mol. The Bertz CT molecular complexity index is 211. The predicted octanol–water partition coefficient (Wildman–Crippen LogP) is 2.45. The first-order valence-electron chi connectivity index (χ1n) is 5.90. The summed E-state index contributed by atoms with van der Waals surface area (Å²) in [6.07, 6.45) is 0. The summed E-state index contributed by atoms with van der Waals surface area (Å²) in [6, 6.07) is 3.49. The summed E-state index contributed by atoms with van der Waals surface area (Å²) < 4.78 is 15.7. The second kappa shape index (κ2) is 7.13. The van der Waals surface area contributed by atoms with Gasteiger partial charge in [-0.25, -0.2) is 5.82 Å². The molecule has 0 spiro atoms. The highest BCUT2D eigenvalue weighted by Crippen LogP contribution is 2.19. The molecule has 16 heavy (non-hydrogen) atoms. The minimum Gasteiger partial charge on any atom is -0.536 e. The Morgan fingerprint density at radius 3 is 1.50 bits per heavy atom. The minimum atomic E-state index is -1.87. The molecule has 0 N–H and O–H groups in total. The van der Waals surface area contributed by atoms with Gasteiger partial charge in [-0.05, 0) is 39.5 Å². The summed E-state index contributed by atoms with van der Waals surface area (Å²) in [5.74, 6) is 3.08. The van der Waals surface area contributed by atoms with Gasteiger partial charge in [-0.2, -0.15) is 5.54 Å². The fourth-order valence-corrected chi connectivity index (χ4v) is 4.24. The van der Waals surface area contributed by atoms with Crippen LogP contribution in [0.1, 0.15) is 20.8 Å². The molecular formula is C11H24BO3Si-. The van der Waals surface area contributed by atoms with Crippen LogP contribution in [0.25, 0.3) is 0 Å². The Labute approximate surface area is 101 Å². The van der Waals surface area contributed by atoms with E-state index in [-0.39, 0.29) is 0 Å². The average Bonchev–Trinajstić information content (AvgIpc) is 2.37. The molecule has 0 aliphatic carbocycles. The highest BCUT2D eigenvalue weighted by atomic mass is 28.3. The molecule has 0 saturated heterocycles. The molecule has 0 atom stereocenters. The van der Waals surface area contributed by atoms with Crippen molar-refractivity contribution < 1.29 is 14.0 Å². The molecule has 0 amide bonds. The normalized spacial score (nSPS) is 12.1. The van der Waals surface area contributed by atoms with Crippen LogP contribution in [0.4, 0.5) is 0 Å². The molecule has 5 heteroatoms. The Morgan fingerprint density at radius 2 is 1.25 bits per heavy atom. The molecule has 3 nitrogen and oxygen atoms in total. The van der Waals surface area contributed by atoms with Gasteiger partial charge in [0.05, 0.1) is 0 Å². The molecule has 94 valence electrons. The fourth-order valence-electron chi connectivity index (χ4n) is 1.72. The van der Waals surface area contributed by atoms with E-state index in [0.29, 0.717) is 0 Å². The third-order valence-corrected chi connectivity index (χ3v) is 8.21. The van der Waals surface area contributed by atoms with Gasteiger partial charge in [0, 0.05) is 0 Å². The van der Waals surface area contributed by atoms with Crippen molar-refractivity contribution in [1.29, 1.82) is 0 Å². The summed E-state index contributed by atoms with van der Waals surface area (Å²) in [4.78, 5) is 0. The van der Waals surface area contributed by atoms with Crippen molar-refractivity contribution in [3.8, 4) is 11.4 Å². The number of hydrogen-bond donors (Lipinski definition) is 0. The monoisotopic (exact) mass is 243 g/mol. The Balaban J connectivity index is 5.03. The van der Waals surface area contributed by atoms with Gasteiger partial charge < -0.3 is 14.0 Å². The van der Waals surface area contributed by atoms with Gasteiger partial charge in [-0.3, -0.25) is 0 Å². The summed E-state index contributed by atoms with van der Waals surface area (Å²) in [7, 11) is 3.23. The molecule has 0 unspecified atom stereocenters. The Kier molecular flexibility index (Phi) is 7.00. The van der Waals surface area contributed by atoms with Gasteiger partial charge in [-0.1, -0.05) is 20.8 Å². The van der Waals surface area contributed by atoms with Gasteiger partial charge in [0.25, 0.3) is 0 Å². The fraction of sp³-hybridized carbons (Fsp3) is 0.818. The smallest absolute Gasteiger partial charge is 0.455 e. The Hall–Kier alpha value is -0.278. The molecule has 0 heterocycles. The molecule has 0 bridgehead atoms. The van der Waals surface area contributed by atoms with E-state index in [1.807, 2.05) is 0 Å². The lowest BCUT2D eigenvalue weighted by molar-refractivity contribution is 0.141. The second-order valence-corrected chi connectivity index (χ2v) is 8.89. The van der Waals surface area contributed by atoms with Crippen LogP contribution < -0.4 is 0 Å². The van der Waals surface area contributed by atoms with Crippen molar-refractivity contribution in [2.24, 2.45) is 0 Å². The quantitative estimate of drug-likeness (QED) is 0.529. The maximum atomic E-state index is 5.23. The molecule has 0 rings (SSSR count). The standard InChI is InChI=1S/C11H24BO3Si/c1-7-16(8-2,9-3)11-10-12(13-4,14-5)15-6/h7-9H2,1-6H3/q-1. The summed E-state index contributed by atoms with van der Waals surface area (Å²) in [5, 5.41) is 0. The lowest BCUT2D eigenvalue weighted by atomic mass is 9.80. The van der Waals surface area contributed by atoms with Crippen LogP contribution >= 0.6 is 0 Å². The third kappa shape index (κ3) is 3.63. The highest BCUT2D eigenvalue weighted by molar-refractivity contribution is 6.88. The predicted molar refractivity (Wildman–Crippen MR) is 71.8 cm³/mol. The maximum absolute atomic E-state index is 5.23. The number of hydrogen-bond acceptors (Lipinski definition) is 3. The van der Waals surface area contributed by atoms with Crippen LogP contribution in [0.2, 0.25) is 18.1 Å². The van der Waals surface area contributed by atoms with E-state index < -0.39 is 14.8 Å². The van der Waals surface area contributed by atoms with Crippen LogP contribution in [0.3, 0.4) is 0 Å². The van der Waals surface area contributed by atoms with E-state index in [1.165, 1.54) is 0 Å². The van der Waals surface area contributed by atoms with Crippen molar-refractivity contribution in [3.05, 3.63) is 0 Å². The highest BCUT2D eigenvalue weighted by Gasteiger charge is 2.27. The van der Waals surface area contributed by atoms with E-state index in [9.17, 15) is 0 Å². The lowest BCUT2D eigenvalue weighted by Gasteiger charge is -2.32. The first kappa shape index (κ1) is 15.7. The zero-order chi connectivity index (χ0) is 12.7. The molecule has 0 aliphatic rings. The first-order valence-corrected chi connectivity index (χ1v) is 8.52. The van der Waals surface area contributed by atoms with Crippen molar-refractivity contribution >= 4 is 14.8 Å². The second-order valence-electron chi connectivity index (χ2n) is 3.96. The third-order valence-electron chi connectivity index (χ3n) is 3.48. The van der Waals surface area contributed by atoms with E-state index in [1.54, 1.807) is 21.3 Å². The van der Waals surface area contributed by atoms with Crippen LogP contribution in [0.5, 0.6) is 0 Å². The van der Waals surface area contributed by atoms with Crippen LogP contribution in [-0.4, -0.2) is 36.2 Å². The SMILES string of the molecule is CC[Si](C#C[B-](OC)(OC)OC)(CC)CC. The molecule has 0 radical (unpaired) electrons. The molecule has 0 saturated carbocycles. The van der Waals surface area contributed by atoms with Gasteiger partial charge in [-0.15, -0.1) is 0 Å². The summed E-state index contributed by atoms with van der Waals surface area (Å²) in [5.41, 5.74) is 3.42. The molecule has 0 aromatic rings. The van der Waals surface area contributed by atoms with Crippen LogP contribution in [0, 0.1) is 11.4 Å². The number of rotatable bonds is 6. The van der Waals surface area contributed by atoms with Crippen molar-refractivity contribution in [1.82, 2.24) is 0 Å². The van der Waals surface area contributed by atoms with E-state index in [2.05, 4.69) is 32.1 Å². The minimum absolute atomic E-state index is 1.16. The van der Waals surface area contributed by atoms with Crippen molar-refractivity contribution in [2.45, 2.75) is 38.9 Å². The zero-order valence-corrected chi connectivity index (χ0v) is 12.4. The topological polar surface area (TPSA) is 27.7 Å². The summed E-state index contributed by atoms with van der Waals surface area (Å²) >= 11 is 0. The van der Waals surface area contributed by atoms with Crippen molar-refractivity contribution in [2.75, 3.05) is 21.3 Å². The summed E-state index contributed by atoms with van der Waals surface area (Å²) in [6.45, 7) is 4.78. The first-order chi connectivity index (χ1) is 7.57. The molecule has 0 aromatic carbocycles.